The summed E-state index contributed by atoms with van der Waals surface area (Å²) in [6.07, 6.45) is 5.45. The first-order valence-corrected chi connectivity index (χ1v) is 8.85. The van der Waals surface area contributed by atoms with Crippen LogP contribution in [0, 0.1) is 0 Å². The molecule has 126 valence electrons. The van der Waals surface area contributed by atoms with Gasteiger partial charge in [0.15, 0.2) is 0 Å². The number of halogens is 1. The van der Waals surface area contributed by atoms with Crippen molar-refractivity contribution in [2.45, 2.75) is 11.8 Å². The van der Waals surface area contributed by atoms with E-state index in [1.807, 2.05) is 0 Å². The number of benzene rings is 1. The van der Waals surface area contributed by atoms with E-state index in [4.69, 9.17) is 16.3 Å². The van der Waals surface area contributed by atoms with Gasteiger partial charge >= 0.3 is 5.97 Å². The Balaban J connectivity index is 2.10. The second-order valence-corrected chi connectivity index (χ2v) is 6.77. The number of nitrogens with zero attached hydrogens (tertiary/aromatic N) is 1. The van der Waals surface area contributed by atoms with Crippen molar-refractivity contribution >= 4 is 39.4 Å². The van der Waals surface area contributed by atoms with Crippen molar-refractivity contribution in [3.8, 4) is 0 Å². The molecule has 0 fully saturated rings. The second-order valence-electron chi connectivity index (χ2n) is 4.65. The van der Waals surface area contributed by atoms with E-state index in [-0.39, 0.29) is 9.92 Å². The minimum atomic E-state index is -3.77. The molecule has 0 spiro atoms. The van der Waals surface area contributed by atoms with Crippen LogP contribution in [0.1, 0.15) is 12.5 Å². The standard InChI is InChI=1S/C16H15ClN2O4S/c1-2-23-16(20)8-5-12-3-6-14(7-4-12)19-24(21,22)15-9-13(17)10-18-11-15/h3-11,19H,2H2,1H3/b8-5+. The van der Waals surface area contributed by atoms with Gasteiger partial charge in [0.05, 0.1) is 11.6 Å². The molecule has 1 N–H and O–H groups in total. The van der Waals surface area contributed by atoms with E-state index >= 15 is 0 Å². The highest BCUT2D eigenvalue weighted by Crippen LogP contribution is 2.18. The Labute approximate surface area is 145 Å². The number of carbonyl (C=O) groups excluding carboxylic acids is 1. The van der Waals surface area contributed by atoms with Gasteiger partial charge in [0.2, 0.25) is 0 Å². The van der Waals surface area contributed by atoms with Crippen LogP contribution >= 0.6 is 11.6 Å². The third-order valence-corrected chi connectivity index (χ3v) is 4.41. The van der Waals surface area contributed by atoms with Crippen molar-refractivity contribution < 1.29 is 17.9 Å². The average molecular weight is 367 g/mol. The summed E-state index contributed by atoms with van der Waals surface area (Å²) < 4.78 is 31.7. The Morgan fingerprint density at radius 2 is 2.00 bits per heavy atom. The maximum absolute atomic E-state index is 12.2. The fraction of sp³-hybridized carbons (Fsp3) is 0.125. The van der Waals surface area contributed by atoms with Gasteiger partial charge in [-0.05, 0) is 36.8 Å². The van der Waals surface area contributed by atoms with E-state index in [2.05, 4.69) is 9.71 Å². The zero-order valence-corrected chi connectivity index (χ0v) is 14.3. The first-order valence-electron chi connectivity index (χ1n) is 6.99. The monoisotopic (exact) mass is 366 g/mol. The molecular formula is C16H15ClN2O4S. The normalized spacial score (nSPS) is 11.4. The first-order chi connectivity index (χ1) is 11.4. The smallest absolute Gasteiger partial charge is 0.330 e. The summed E-state index contributed by atoms with van der Waals surface area (Å²) in [6, 6.07) is 7.82. The number of aromatic nitrogens is 1. The molecule has 2 aromatic rings. The number of anilines is 1. The highest BCUT2D eigenvalue weighted by atomic mass is 35.5. The zero-order chi connectivity index (χ0) is 17.6. The quantitative estimate of drug-likeness (QED) is 0.627. The largest absolute Gasteiger partial charge is 0.463 e. The van der Waals surface area contributed by atoms with Crippen molar-refractivity contribution in [1.82, 2.24) is 4.98 Å². The summed E-state index contributed by atoms with van der Waals surface area (Å²) >= 11 is 5.76. The number of sulfonamides is 1. The molecule has 0 saturated carbocycles. The van der Waals surface area contributed by atoms with Gasteiger partial charge in [-0.25, -0.2) is 13.2 Å². The van der Waals surface area contributed by atoms with E-state index in [1.165, 1.54) is 24.5 Å². The average Bonchev–Trinajstić information content (AvgIpc) is 2.54. The van der Waals surface area contributed by atoms with Gasteiger partial charge in [-0.1, -0.05) is 23.7 Å². The minimum absolute atomic E-state index is 0.0266. The molecule has 0 radical (unpaired) electrons. The van der Waals surface area contributed by atoms with E-state index in [0.29, 0.717) is 12.3 Å². The van der Waals surface area contributed by atoms with Gasteiger partial charge in [-0.3, -0.25) is 9.71 Å². The molecule has 0 aliphatic heterocycles. The Kier molecular flexibility index (Phi) is 5.94. The molecule has 1 aromatic carbocycles. The van der Waals surface area contributed by atoms with E-state index < -0.39 is 16.0 Å². The van der Waals surface area contributed by atoms with Crippen LogP contribution in [0.25, 0.3) is 6.08 Å². The Hall–Kier alpha value is -2.38. The van der Waals surface area contributed by atoms with Crippen molar-refractivity contribution in [3.05, 3.63) is 59.4 Å². The van der Waals surface area contributed by atoms with Crippen molar-refractivity contribution in [1.29, 1.82) is 0 Å². The predicted molar refractivity (Wildman–Crippen MR) is 92.2 cm³/mol. The van der Waals surface area contributed by atoms with Crippen molar-refractivity contribution in [2.24, 2.45) is 0 Å². The summed E-state index contributed by atoms with van der Waals surface area (Å²) in [5.41, 5.74) is 1.11. The van der Waals surface area contributed by atoms with Crippen LogP contribution in [0.15, 0.2) is 53.7 Å². The molecule has 0 amide bonds. The Morgan fingerprint density at radius 1 is 1.29 bits per heavy atom. The number of rotatable bonds is 6. The molecule has 1 heterocycles. The minimum Gasteiger partial charge on any atom is -0.463 e. The van der Waals surface area contributed by atoms with Crippen LogP contribution in [0.5, 0.6) is 0 Å². The highest BCUT2D eigenvalue weighted by Gasteiger charge is 2.14. The molecule has 0 bridgehead atoms. The maximum Gasteiger partial charge on any atom is 0.330 e. The molecule has 2 rings (SSSR count). The van der Waals surface area contributed by atoms with Crippen LogP contribution in [-0.4, -0.2) is 26.0 Å². The molecule has 0 aliphatic carbocycles. The zero-order valence-electron chi connectivity index (χ0n) is 12.8. The molecular weight excluding hydrogens is 352 g/mol. The van der Waals surface area contributed by atoms with Crippen molar-refractivity contribution in [2.75, 3.05) is 11.3 Å². The molecule has 0 atom stereocenters. The summed E-state index contributed by atoms with van der Waals surface area (Å²) in [4.78, 5) is 15.0. The van der Waals surface area contributed by atoms with Crippen LogP contribution in [-0.2, 0) is 19.6 Å². The number of esters is 1. The van der Waals surface area contributed by atoms with E-state index in [0.717, 1.165) is 5.56 Å². The van der Waals surface area contributed by atoms with Crippen LogP contribution in [0.2, 0.25) is 5.02 Å². The Morgan fingerprint density at radius 3 is 2.62 bits per heavy atom. The number of pyridine rings is 1. The second kappa shape index (κ2) is 7.94. The molecule has 24 heavy (non-hydrogen) atoms. The lowest BCUT2D eigenvalue weighted by Crippen LogP contribution is -2.13. The number of ether oxygens (including phenoxy) is 1. The van der Waals surface area contributed by atoms with Crippen molar-refractivity contribution in [3.63, 3.8) is 0 Å². The fourth-order valence-electron chi connectivity index (χ4n) is 1.77. The van der Waals surface area contributed by atoms with Gasteiger partial charge in [-0.15, -0.1) is 0 Å². The Bertz CT molecular complexity index is 849. The molecule has 0 saturated heterocycles. The summed E-state index contributed by atoms with van der Waals surface area (Å²) in [5.74, 6) is -0.435. The predicted octanol–water partition coefficient (Wildman–Crippen LogP) is 3.11. The number of nitrogens with one attached hydrogen (secondary N) is 1. The van der Waals surface area contributed by atoms with Crippen LogP contribution in [0.4, 0.5) is 5.69 Å². The molecule has 0 aliphatic rings. The van der Waals surface area contributed by atoms with Gasteiger partial charge in [0.25, 0.3) is 10.0 Å². The van der Waals surface area contributed by atoms with Crippen LogP contribution < -0.4 is 4.72 Å². The summed E-state index contributed by atoms with van der Waals surface area (Å²) in [7, 11) is -3.77. The number of hydrogen-bond acceptors (Lipinski definition) is 5. The molecule has 1 aromatic heterocycles. The number of carbonyl (C=O) groups is 1. The topological polar surface area (TPSA) is 85.4 Å². The lowest BCUT2D eigenvalue weighted by Gasteiger charge is -2.08. The lowest BCUT2D eigenvalue weighted by atomic mass is 10.2. The fourth-order valence-corrected chi connectivity index (χ4v) is 3.05. The van der Waals surface area contributed by atoms with Gasteiger partial charge in [0, 0.05) is 24.2 Å². The SMILES string of the molecule is CCOC(=O)/C=C/c1ccc(NS(=O)(=O)c2cncc(Cl)c2)cc1. The maximum atomic E-state index is 12.2. The molecule has 6 nitrogen and oxygen atoms in total. The van der Waals surface area contributed by atoms with E-state index in [9.17, 15) is 13.2 Å². The lowest BCUT2D eigenvalue weighted by molar-refractivity contribution is -0.137. The highest BCUT2D eigenvalue weighted by molar-refractivity contribution is 7.92. The third kappa shape index (κ3) is 5.07. The number of hydrogen-bond donors (Lipinski definition) is 1. The molecule has 0 unspecified atom stereocenters. The van der Waals surface area contributed by atoms with Crippen LogP contribution in [0.3, 0.4) is 0 Å². The summed E-state index contributed by atoms with van der Waals surface area (Å²) in [6.45, 7) is 2.03. The van der Waals surface area contributed by atoms with Gasteiger partial charge in [-0.2, -0.15) is 0 Å². The van der Waals surface area contributed by atoms with E-state index in [1.54, 1.807) is 37.3 Å². The van der Waals surface area contributed by atoms with Gasteiger partial charge in [0.1, 0.15) is 4.90 Å². The summed E-state index contributed by atoms with van der Waals surface area (Å²) in [5, 5.41) is 0.234. The first kappa shape index (κ1) is 18.0. The third-order valence-electron chi connectivity index (χ3n) is 2.85. The molecule has 8 heteroatoms. The van der Waals surface area contributed by atoms with Gasteiger partial charge < -0.3 is 4.74 Å².